The summed E-state index contributed by atoms with van der Waals surface area (Å²) in [6.07, 6.45) is 3.30. The minimum absolute atomic E-state index is 0.0729. The summed E-state index contributed by atoms with van der Waals surface area (Å²) in [7, 11) is 0. The molecule has 3 aromatic rings. The molecule has 0 radical (unpaired) electrons. The van der Waals surface area contributed by atoms with Gasteiger partial charge in [-0.2, -0.15) is 0 Å². The van der Waals surface area contributed by atoms with Gasteiger partial charge in [-0.1, -0.05) is 17.8 Å². The highest BCUT2D eigenvalue weighted by molar-refractivity contribution is 7.99. The Hall–Kier alpha value is -2.12. The van der Waals surface area contributed by atoms with Gasteiger partial charge in [0.2, 0.25) is 5.91 Å². The third kappa shape index (κ3) is 4.12. The molecule has 1 atom stereocenters. The van der Waals surface area contributed by atoms with Crippen molar-refractivity contribution in [3.05, 3.63) is 51.1 Å². The lowest BCUT2D eigenvalue weighted by Gasteiger charge is -2.33. The summed E-state index contributed by atoms with van der Waals surface area (Å²) in [6.45, 7) is 6.98. The van der Waals surface area contributed by atoms with Gasteiger partial charge in [-0.15, -0.1) is 11.3 Å². The van der Waals surface area contributed by atoms with Crippen LogP contribution < -0.4 is 5.56 Å². The van der Waals surface area contributed by atoms with E-state index in [1.54, 1.807) is 4.57 Å². The minimum atomic E-state index is -0.0729. The third-order valence-corrected chi connectivity index (χ3v) is 7.18. The molecule has 4 rings (SSSR count). The Morgan fingerprint density at radius 2 is 2.00 bits per heavy atom. The van der Waals surface area contributed by atoms with Crippen LogP contribution in [0.25, 0.3) is 15.9 Å². The summed E-state index contributed by atoms with van der Waals surface area (Å²) in [4.78, 5) is 32.8. The lowest BCUT2D eigenvalue weighted by molar-refractivity contribution is -0.131. The molecule has 0 bridgehead atoms. The van der Waals surface area contributed by atoms with Gasteiger partial charge in [-0.05, 0) is 74.7 Å². The quantitative estimate of drug-likeness (QED) is 0.453. The largest absolute Gasteiger partial charge is 0.339 e. The van der Waals surface area contributed by atoms with E-state index >= 15 is 0 Å². The second kappa shape index (κ2) is 8.32. The van der Waals surface area contributed by atoms with E-state index < -0.39 is 0 Å². The van der Waals surface area contributed by atoms with Crippen LogP contribution in [0, 0.1) is 13.8 Å². The van der Waals surface area contributed by atoms with Crippen molar-refractivity contribution in [1.29, 1.82) is 0 Å². The average molecular weight is 428 g/mol. The first-order chi connectivity index (χ1) is 13.9. The number of hydrogen-bond acceptors (Lipinski definition) is 5. The highest BCUT2D eigenvalue weighted by atomic mass is 32.2. The van der Waals surface area contributed by atoms with E-state index in [0.29, 0.717) is 15.4 Å². The molecule has 29 heavy (non-hydrogen) atoms. The number of thioether (sulfide) groups is 1. The first kappa shape index (κ1) is 20.2. The molecular weight excluding hydrogens is 402 g/mol. The van der Waals surface area contributed by atoms with Crippen LogP contribution in [0.3, 0.4) is 0 Å². The number of nitrogens with zero attached hydrogens (tertiary/aromatic N) is 3. The minimum Gasteiger partial charge on any atom is -0.339 e. The van der Waals surface area contributed by atoms with E-state index in [0.717, 1.165) is 36.2 Å². The van der Waals surface area contributed by atoms with E-state index in [2.05, 4.69) is 13.0 Å². The topological polar surface area (TPSA) is 55.2 Å². The van der Waals surface area contributed by atoms with Crippen LogP contribution in [0.5, 0.6) is 0 Å². The number of aromatic nitrogens is 2. The molecule has 152 valence electrons. The smallest absolute Gasteiger partial charge is 0.276 e. The van der Waals surface area contributed by atoms with Gasteiger partial charge in [0.1, 0.15) is 4.70 Å². The molecule has 1 aliphatic heterocycles. The van der Waals surface area contributed by atoms with Gasteiger partial charge in [-0.25, -0.2) is 4.98 Å². The number of aryl methyl sites for hydroxylation is 2. The van der Waals surface area contributed by atoms with Gasteiger partial charge in [0.25, 0.3) is 5.56 Å². The fourth-order valence-electron chi connectivity index (χ4n) is 3.97. The summed E-state index contributed by atoms with van der Waals surface area (Å²) in [5.74, 6) is 0.408. The van der Waals surface area contributed by atoms with E-state index in [1.807, 2.05) is 42.3 Å². The van der Waals surface area contributed by atoms with Gasteiger partial charge in [0, 0.05) is 12.6 Å². The van der Waals surface area contributed by atoms with Crippen LogP contribution >= 0.6 is 23.1 Å². The summed E-state index contributed by atoms with van der Waals surface area (Å²) < 4.78 is 2.31. The zero-order valence-corrected chi connectivity index (χ0v) is 18.6. The average Bonchev–Trinajstić information content (AvgIpc) is 3.14. The molecule has 0 spiro atoms. The van der Waals surface area contributed by atoms with Crippen LogP contribution in [0.4, 0.5) is 0 Å². The van der Waals surface area contributed by atoms with E-state index in [9.17, 15) is 9.59 Å². The Labute approximate surface area is 178 Å². The number of piperidine rings is 1. The van der Waals surface area contributed by atoms with E-state index in [-0.39, 0.29) is 23.3 Å². The Morgan fingerprint density at radius 1 is 1.24 bits per heavy atom. The number of carbonyl (C=O) groups excluding carboxylic acids is 1. The third-order valence-electron chi connectivity index (χ3n) is 5.36. The highest BCUT2D eigenvalue weighted by Gasteiger charge is 2.24. The molecule has 0 saturated carbocycles. The summed E-state index contributed by atoms with van der Waals surface area (Å²) >= 11 is 2.76. The number of thiophene rings is 1. The summed E-state index contributed by atoms with van der Waals surface area (Å²) in [5, 5.41) is 2.46. The van der Waals surface area contributed by atoms with Gasteiger partial charge in [0.05, 0.1) is 17.0 Å². The molecule has 3 heterocycles. The number of carbonyl (C=O) groups is 1. The maximum Gasteiger partial charge on any atom is 0.276 e. The van der Waals surface area contributed by atoms with Crippen molar-refractivity contribution < 1.29 is 4.79 Å². The summed E-state index contributed by atoms with van der Waals surface area (Å²) in [6, 6.07) is 8.22. The normalized spacial score (nSPS) is 17.1. The molecule has 0 N–H and O–H groups in total. The molecule has 1 saturated heterocycles. The highest BCUT2D eigenvalue weighted by Crippen LogP contribution is 2.26. The lowest BCUT2D eigenvalue weighted by Crippen LogP contribution is -2.43. The zero-order chi connectivity index (χ0) is 20.5. The fourth-order valence-corrected chi connectivity index (χ4v) is 5.63. The number of hydrogen-bond donors (Lipinski definition) is 0. The van der Waals surface area contributed by atoms with Crippen molar-refractivity contribution in [3.8, 4) is 5.69 Å². The van der Waals surface area contributed by atoms with Gasteiger partial charge in [0.15, 0.2) is 5.16 Å². The van der Waals surface area contributed by atoms with Gasteiger partial charge >= 0.3 is 0 Å². The zero-order valence-electron chi connectivity index (χ0n) is 17.0. The molecular formula is C22H25N3O2S2. The summed E-state index contributed by atoms with van der Waals surface area (Å²) in [5.41, 5.74) is 3.61. The van der Waals surface area contributed by atoms with Crippen molar-refractivity contribution in [2.45, 2.75) is 51.2 Å². The predicted molar refractivity (Wildman–Crippen MR) is 120 cm³/mol. The van der Waals surface area contributed by atoms with Crippen molar-refractivity contribution in [2.75, 3.05) is 12.3 Å². The number of fused-ring (bicyclic) bond motifs is 1. The number of rotatable bonds is 4. The van der Waals surface area contributed by atoms with Crippen LogP contribution in [-0.4, -0.2) is 38.7 Å². The maximum absolute atomic E-state index is 13.3. The molecule has 1 fully saturated rings. The molecule has 5 nitrogen and oxygen atoms in total. The Morgan fingerprint density at radius 3 is 2.72 bits per heavy atom. The standard InChI is InChI=1S/C22H25N3O2S2/c1-14-10-15(2)12-17(11-14)25-21(27)20-18(7-9-28-20)23-22(25)29-13-19(26)24-8-5-4-6-16(24)3/h7,9-12,16H,4-6,8,13H2,1-3H3/t16-/m0/s1. The SMILES string of the molecule is Cc1cc(C)cc(-n2c(SCC(=O)N3CCCC[C@@H]3C)nc3ccsc3c2=O)c1. The Balaban J connectivity index is 1.71. The predicted octanol–water partition coefficient (Wildman–Crippen LogP) is 4.56. The van der Waals surface area contributed by atoms with Crippen LogP contribution in [0.1, 0.15) is 37.3 Å². The molecule has 1 aliphatic rings. The fraction of sp³-hybridized carbons (Fsp3) is 0.409. The molecule has 1 amide bonds. The second-order valence-corrected chi connectivity index (χ2v) is 9.60. The molecule has 7 heteroatoms. The first-order valence-electron chi connectivity index (χ1n) is 9.95. The Bertz CT molecular complexity index is 1100. The lowest BCUT2D eigenvalue weighted by atomic mass is 10.0. The van der Waals surface area contributed by atoms with E-state index in [1.165, 1.54) is 29.5 Å². The number of amides is 1. The Kier molecular flexibility index (Phi) is 5.79. The molecule has 0 unspecified atom stereocenters. The van der Waals surface area contributed by atoms with Crippen LogP contribution in [0.15, 0.2) is 39.6 Å². The van der Waals surface area contributed by atoms with Crippen LogP contribution in [-0.2, 0) is 4.79 Å². The molecule has 1 aromatic carbocycles. The van der Waals surface area contributed by atoms with Crippen molar-refractivity contribution in [2.24, 2.45) is 0 Å². The maximum atomic E-state index is 13.3. The van der Waals surface area contributed by atoms with E-state index in [4.69, 9.17) is 4.98 Å². The van der Waals surface area contributed by atoms with Crippen molar-refractivity contribution in [1.82, 2.24) is 14.5 Å². The monoisotopic (exact) mass is 427 g/mol. The van der Waals surface area contributed by atoms with Crippen molar-refractivity contribution >= 4 is 39.2 Å². The number of benzene rings is 1. The van der Waals surface area contributed by atoms with Crippen LogP contribution in [0.2, 0.25) is 0 Å². The van der Waals surface area contributed by atoms with Gasteiger partial charge < -0.3 is 4.90 Å². The van der Waals surface area contributed by atoms with Crippen molar-refractivity contribution in [3.63, 3.8) is 0 Å². The second-order valence-electron chi connectivity index (χ2n) is 7.74. The molecule has 0 aliphatic carbocycles. The number of likely N-dealkylation sites (tertiary alicyclic amines) is 1. The molecule has 2 aromatic heterocycles. The first-order valence-corrected chi connectivity index (χ1v) is 11.8. The van der Waals surface area contributed by atoms with Gasteiger partial charge in [-0.3, -0.25) is 14.2 Å².